The molecule has 2 aliphatic rings. The maximum atomic E-state index is 3.75. The van der Waals surface area contributed by atoms with Crippen molar-refractivity contribution >= 4 is 11.8 Å². The molecule has 0 aromatic heterocycles. The third-order valence-electron chi connectivity index (χ3n) is 3.73. The fourth-order valence-corrected chi connectivity index (χ4v) is 3.56. The van der Waals surface area contributed by atoms with Crippen LogP contribution in [0.5, 0.6) is 0 Å². The van der Waals surface area contributed by atoms with E-state index in [1.807, 2.05) is 0 Å². The molecule has 1 saturated carbocycles. The molecule has 1 heterocycles. The van der Waals surface area contributed by atoms with Gasteiger partial charge in [0.1, 0.15) is 0 Å². The van der Waals surface area contributed by atoms with Gasteiger partial charge in [0.25, 0.3) is 0 Å². The maximum absolute atomic E-state index is 3.75. The van der Waals surface area contributed by atoms with Crippen molar-refractivity contribution in [2.45, 2.75) is 50.8 Å². The first-order valence-electron chi connectivity index (χ1n) is 5.55. The van der Waals surface area contributed by atoms with E-state index in [0.717, 1.165) is 11.3 Å². The molecule has 0 amide bonds. The maximum Gasteiger partial charge on any atom is 0.0191 e. The molecule has 0 aromatic rings. The molecule has 76 valence electrons. The number of hydrogen-bond acceptors (Lipinski definition) is 2. The quantitative estimate of drug-likeness (QED) is 0.750. The average molecular weight is 199 g/mol. The Morgan fingerprint density at radius 3 is 2.69 bits per heavy atom. The molecule has 1 nitrogen and oxygen atoms in total. The van der Waals surface area contributed by atoms with Crippen molar-refractivity contribution in [1.82, 2.24) is 5.32 Å². The Hall–Kier alpha value is 0.310. The Morgan fingerprint density at radius 2 is 2.23 bits per heavy atom. The highest BCUT2D eigenvalue weighted by molar-refractivity contribution is 8.00. The molecule has 0 aromatic carbocycles. The van der Waals surface area contributed by atoms with Crippen LogP contribution in [-0.4, -0.2) is 23.6 Å². The fourth-order valence-electron chi connectivity index (χ4n) is 2.33. The van der Waals surface area contributed by atoms with E-state index in [2.05, 4.69) is 30.9 Å². The summed E-state index contributed by atoms with van der Waals surface area (Å²) in [4.78, 5) is 0. The van der Waals surface area contributed by atoms with Gasteiger partial charge in [0.15, 0.2) is 0 Å². The Kier molecular flexibility index (Phi) is 2.89. The molecule has 1 aliphatic heterocycles. The molecular formula is C11H21NS. The van der Waals surface area contributed by atoms with Crippen molar-refractivity contribution in [1.29, 1.82) is 0 Å². The largest absolute Gasteiger partial charge is 0.312 e. The zero-order chi connectivity index (χ0) is 9.31. The van der Waals surface area contributed by atoms with Crippen LogP contribution in [0.1, 0.15) is 39.5 Å². The van der Waals surface area contributed by atoms with Gasteiger partial charge in [-0.15, -0.1) is 0 Å². The number of nitrogens with one attached hydrogen (secondary N) is 1. The minimum absolute atomic E-state index is 0.646. The standard InChI is InChI=1S/C11H21NS/c1-9-10(4-7-13-9)12-8-11(2)5-3-6-11/h9-10,12H,3-8H2,1-2H3. The summed E-state index contributed by atoms with van der Waals surface area (Å²) in [5, 5.41) is 4.59. The molecule has 1 saturated heterocycles. The van der Waals surface area contributed by atoms with Gasteiger partial charge in [0, 0.05) is 17.8 Å². The van der Waals surface area contributed by atoms with E-state index >= 15 is 0 Å². The van der Waals surface area contributed by atoms with Gasteiger partial charge in [-0.3, -0.25) is 0 Å². The summed E-state index contributed by atoms with van der Waals surface area (Å²) in [6.45, 7) is 6.04. The summed E-state index contributed by atoms with van der Waals surface area (Å²) in [6, 6.07) is 0.794. The molecule has 2 heteroatoms. The number of hydrogen-bond donors (Lipinski definition) is 1. The Labute approximate surface area is 86.0 Å². The number of rotatable bonds is 3. The highest BCUT2D eigenvalue weighted by Crippen LogP contribution is 2.40. The molecular weight excluding hydrogens is 178 g/mol. The molecule has 13 heavy (non-hydrogen) atoms. The lowest BCUT2D eigenvalue weighted by Gasteiger charge is -2.39. The predicted molar refractivity (Wildman–Crippen MR) is 60.3 cm³/mol. The summed E-state index contributed by atoms with van der Waals surface area (Å²) < 4.78 is 0. The first-order valence-corrected chi connectivity index (χ1v) is 6.59. The molecule has 1 aliphatic carbocycles. The Balaban J connectivity index is 1.72. The zero-order valence-corrected chi connectivity index (χ0v) is 9.62. The van der Waals surface area contributed by atoms with Crippen molar-refractivity contribution in [3.05, 3.63) is 0 Å². The highest BCUT2D eigenvalue weighted by atomic mass is 32.2. The van der Waals surface area contributed by atoms with Gasteiger partial charge in [0.05, 0.1) is 0 Å². The molecule has 1 N–H and O–H groups in total. The SMILES string of the molecule is CC1SCCC1NCC1(C)CCC1. The number of thioether (sulfide) groups is 1. The summed E-state index contributed by atoms with van der Waals surface area (Å²) in [5.74, 6) is 1.36. The van der Waals surface area contributed by atoms with Crippen LogP contribution in [0.15, 0.2) is 0 Å². The van der Waals surface area contributed by atoms with E-state index in [0.29, 0.717) is 5.41 Å². The second kappa shape index (κ2) is 3.82. The van der Waals surface area contributed by atoms with Gasteiger partial charge in [-0.1, -0.05) is 20.3 Å². The van der Waals surface area contributed by atoms with Crippen molar-refractivity contribution in [2.24, 2.45) is 5.41 Å². The van der Waals surface area contributed by atoms with E-state index in [9.17, 15) is 0 Å². The lowest BCUT2D eigenvalue weighted by atomic mass is 9.70. The van der Waals surface area contributed by atoms with E-state index in [-0.39, 0.29) is 0 Å². The van der Waals surface area contributed by atoms with Gasteiger partial charge < -0.3 is 5.32 Å². The van der Waals surface area contributed by atoms with Crippen molar-refractivity contribution in [3.8, 4) is 0 Å². The third kappa shape index (κ3) is 2.21. The van der Waals surface area contributed by atoms with E-state index in [1.165, 1.54) is 38.0 Å². The van der Waals surface area contributed by atoms with Crippen LogP contribution in [0.2, 0.25) is 0 Å². The predicted octanol–water partition coefficient (Wildman–Crippen LogP) is 2.66. The highest BCUT2D eigenvalue weighted by Gasteiger charge is 2.33. The molecule has 2 fully saturated rings. The van der Waals surface area contributed by atoms with Crippen LogP contribution >= 0.6 is 11.8 Å². The van der Waals surface area contributed by atoms with Crippen LogP contribution < -0.4 is 5.32 Å². The second-order valence-corrected chi connectivity index (χ2v) is 6.50. The lowest BCUT2D eigenvalue weighted by Crippen LogP contribution is -2.43. The summed E-state index contributed by atoms with van der Waals surface area (Å²) in [5.41, 5.74) is 0.646. The first-order chi connectivity index (χ1) is 6.20. The van der Waals surface area contributed by atoms with E-state index < -0.39 is 0 Å². The Morgan fingerprint density at radius 1 is 1.46 bits per heavy atom. The van der Waals surface area contributed by atoms with Crippen LogP contribution in [0.4, 0.5) is 0 Å². The fraction of sp³-hybridized carbons (Fsp3) is 1.00. The summed E-state index contributed by atoms with van der Waals surface area (Å²) in [7, 11) is 0. The second-order valence-electron chi connectivity index (χ2n) is 5.02. The molecule has 0 spiro atoms. The van der Waals surface area contributed by atoms with E-state index in [4.69, 9.17) is 0 Å². The normalized spacial score (nSPS) is 37.4. The van der Waals surface area contributed by atoms with Crippen molar-refractivity contribution in [2.75, 3.05) is 12.3 Å². The van der Waals surface area contributed by atoms with Crippen LogP contribution in [0, 0.1) is 5.41 Å². The topological polar surface area (TPSA) is 12.0 Å². The minimum atomic E-state index is 0.646. The zero-order valence-electron chi connectivity index (χ0n) is 8.81. The minimum Gasteiger partial charge on any atom is -0.312 e. The summed E-state index contributed by atoms with van der Waals surface area (Å²) >= 11 is 2.12. The van der Waals surface area contributed by atoms with Gasteiger partial charge in [-0.2, -0.15) is 11.8 Å². The molecule has 2 atom stereocenters. The van der Waals surface area contributed by atoms with Crippen LogP contribution in [-0.2, 0) is 0 Å². The van der Waals surface area contributed by atoms with Gasteiger partial charge in [0.2, 0.25) is 0 Å². The molecule has 0 radical (unpaired) electrons. The summed E-state index contributed by atoms with van der Waals surface area (Å²) in [6.07, 6.45) is 5.71. The monoisotopic (exact) mass is 199 g/mol. The average Bonchev–Trinajstić information content (AvgIpc) is 2.44. The first kappa shape index (κ1) is 9.85. The molecule has 2 unspecified atom stereocenters. The van der Waals surface area contributed by atoms with Gasteiger partial charge in [-0.05, 0) is 30.4 Å². The molecule has 2 rings (SSSR count). The smallest absolute Gasteiger partial charge is 0.0191 e. The molecule has 0 bridgehead atoms. The Bertz CT molecular complexity index is 177. The van der Waals surface area contributed by atoms with Gasteiger partial charge >= 0.3 is 0 Å². The van der Waals surface area contributed by atoms with Crippen LogP contribution in [0.25, 0.3) is 0 Å². The van der Waals surface area contributed by atoms with Crippen molar-refractivity contribution in [3.63, 3.8) is 0 Å². The van der Waals surface area contributed by atoms with Crippen LogP contribution in [0.3, 0.4) is 0 Å². The lowest BCUT2D eigenvalue weighted by molar-refractivity contribution is 0.151. The van der Waals surface area contributed by atoms with Gasteiger partial charge in [-0.25, -0.2) is 0 Å². The van der Waals surface area contributed by atoms with Crippen molar-refractivity contribution < 1.29 is 0 Å². The van der Waals surface area contributed by atoms with E-state index in [1.54, 1.807) is 0 Å². The third-order valence-corrected chi connectivity index (χ3v) is 5.05.